The molecule has 0 amide bonds. The SMILES string of the molecule is CCN(CC(F)(F)F)S(=O)(=O)c1cccnc1Cl. The van der Waals surface area contributed by atoms with E-state index >= 15 is 0 Å². The third-order valence-corrected chi connectivity index (χ3v) is 4.42. The Balaban J connectivity index is 3.16. The van der Waals surface area contributed by atoms with E-state index < -0.39 is 27.6 Å². The van der Waals surface area contributed by atoms with Gasteiger partial charge in [-0.3, -0.25) is 0 Å². The summed E-state index contributed by atoms with van der Waals surface area (Å²) >= 11 is 5.58. The fourth-order valence-corrected chi connectivity index (χ4v) is 3.13. The maximum atomic E-state index is 12.3. The van der Waals surface area contributed by atoms with Gasteiger partial charge in [-0.1, -0.05) is 18.5 Å². The molecule has 18 heavy (non-hydrogen) atoms. The van der Waals surface area contributed by atoms with Gasteiger partial charge in [-0.15, -0.1) is 0 Å². The largest absolute Gasteiger partial charge is 0.402 e. The number of hydrogen-bond acceptors (Lipinski definition) is 3. The molecule has 1 aromatic rings. The maximum absolute atomic E-state index is 12.3. The molecule has 0 aliphatic heterocycles. The fraction of sp³-hybridized carbons (Fsp3) is 0.444. The molecule has 0 bridgehead atoms. The molecular weight excluding hydrogens is 293 g/mol. The molecule has 102 valence electrons. The third-order valence-electron chi connectivity index (χ3n) is 2.05. The molecule has 0 aliphatic rings. The van der Waals surface area contributed by atoms with E-state index in [-0.39, 0.29) is 11.7 Å². The van der Waals surface area contributed by atoms with Crippen LogP contribution in [0.25, 0.3) is 0 Å². The van der Waals surface area contributed by atoms with Gasteiger partial charge in [0.1, 0.15) is 16.6 Å². The Bertz CT molecular complexity index is 519. The number of halogens is 4. The van der Waals surface area contributed by atoms with Crippen molar-refractivity contribution < 1.29 is 21.6 Å². The number of alkyl halides is 3. The Morgan fingerprint density at radius 1 is 1.44 bits per heavy atom. The zero-order chi connectivity index (χ0) is 14.0. The number of rotatable bonds is 4. The average Bonchev–Trinajstić information content (AvgIpc) is 2.24. The van der Waals surface area contributed by atoms with Gasteiger partial charge in [0.05, 0.1) is 0 Å². The Morgan fingerprint density at radius 2 is 2.06 bits per heavy atom. The number of aromatic nitrogens is 1. The Labute approximate surface area is 107 Å². The Morgan fingerprint density at radius 3 is 2.50 bits per heavy atom. The molecule has 0 unspecified atom stereocenters. The van der Waals surface area contributed by atoms with Crippen LogP contribution in [0.4, 0.5) is 13.2 Å². The van der Waals surface area contributed by atoms with Crippen LogP contribution in [0.15, 0.2) is 23.2 Å². The van der Waals surface area contributed by atoms with Crippen molar-refractivity contribution in [1.29, 1.82) is 0 Å². The first kappa shape index (κ1) is 15.2. The molecule has 4 nitrogen and oxygen atoms in total. The molecule has 0 atom stereocenters. The quantitative estimate of drug-likeness (QED) is 0.802. The minimum Gasteiger partial charge on any atom is -0.243 e. The number of nitrogens with zero attached hydrogens (tertiary/aromatic N) is 2. The summed E-state index contributed by atoms with van der Waals surface area (Å²) in [7, 11) is -4.30. The van der Waals surface area contributed by atoms with Crippen LogP contribution in [0, 0.1) is 0 Å². The summed E-state index contributed by atoms with van der Waals surface area (Å²) in [6.45, 7) is -0.558. The van der Waals surface area contributed by atoms with E-state index in [4.69, 9.17) is 11.6 Å². The van der Waals surface area contributed by atoms with E-state index in [1.54, 1.807) is 0 Å². The van der Waals surface area contributed by atoms with Crippen molar-refractivity contribution >= 4 is 21.6 Å². The van der Waals surface area contributed by atoms with Crippen molar-refractivity contribution in [3.8, 4) is 0 Å². The number of pyridine rings is 1. The molecule has 0 radical (unpaired) electrons. The zero-order valence-electron chi connectivity index (χ0n) is 9.28. The molecular formula is C9H10ClF3N2O2S. The average molecular weight is 303 g/mol. The molecule has 0 aliphatic carbocycles. The standard InChI is InChI=1S/C9H10ClF3N2O2S/c1-2-15(6-9(11,12)13)18(16,17)7-4-3-5-14-8(7)10/h3-5H,2,6H2,1H3. The topological polar surface area (TPSA) is 50.3 Å². The lowest BCUT2D eigenvalue weighted by Crippen LogP contribution is -2.38. The molecule has 0 aromatic carbocycles. The lowest BCUT2D eigenvalue weighted by atomic mass is 10.5. The van der Waals surface area contributed by atoms with Crippen molar-refractivity contribution in [2.24, 2.45) is 0 Å². The lowest BCUT2D eigenvalue weighted by Gasteiger charge is -2.21. The Hall–Kier alpha value is -0.860. The van der Waals surface area contributed by atoms with Crippen LogP contribution in [-0.2, 0) is 10.0 Å². The van der Waals surface area contributed by atoms with Gasteiger partial charge in [-0.25, -0.2) is 13.4 Å². The van der Waals surface area contributed by atoms with Crippen molar-refractivity contribution in [2.75, 3.05) is 13.1 Å². The van der Waals surface area contributed by atoms with Gasteiger partial charge in [0.2, 0.25) is 10.0 Å². The highest BCUT2D eigenvalue weighted by atomic mass is 35.5. The van der Waals surface area contributed by atoms with Crippen LogP contribution < -0.4 is 0 Å². The van der Waals surface area contributed by atoms with Crippen molar-refractivity contribution in [1.82, 2.24) is 9.29 Å². The fourth-order valence-electron chi connectivity index (χ4n) is 1.27. The van der Waals surface area contributed by atoms with E-state index in [0.29, 0.717) is 4.31 Å². The van der Waals surface area contributed by atoms with Gasteiger partial charge in [-0.05, 0) is 12.1 Å². The van der Waals surface area contributed by atoms with Crippen LogP contribution in [0.2, 0.25) is 5.15 Å². The van der Waals surface area contributed by atoms with Gasteiger partial charge in [0.15, 0.2) is 0 Å². The molecule has 0 spiro atoms. The van der Waals surface area contributed by atoms with E-state index in [1.807, 2.05) is 0 Å². The van der Waals surface area contributed by atoms with Gasteiger partial charge in [0.25, 0.3) is 0 Å². The molecule has 1 aromatic heterocycles. The molecule has 9 heteroatoms. The molecule has 0 saturated heterocycles. The maximum Gasteiger partial charge on any atom is 0.402 e. The molecule has 0 N–H and O–H groups in total. The number of hydrogen-bond donors (Lipinski definition) is 0. The predicted octanol–water partition coefficient (Wildman–Crippen LogP) is 2.31. The first-order valence-electron chi connectivity index (χ1n) is 4.86. The minimum absolute atomic E-state index is 0.301. The van der Waals surface area contributed by atoms with Crippen LogP contribution in [0.1, 0.15) is 6.92 Å². The second kappa shape index (κ2) is 5.41. The third kappa shape index (κ3) is 3.56. The minimum atomic E-state index is -4.61. The zero-order valence-corrected chi connectivity index (χ0v) is 10.8. The van der Waals surface area contributed by atoms with Crippen LogP contribution in [-0.4, -0.2) is 37.0 Å². The molecule has 1 rings (SSSR count). The van der Waals surface area contributed by atoms with Crippen molar-refractivity contribution in [3.05, 3.63) is 23.5 Å². The van der Waals surface area contributed by atoms with E-state index in [0.717, 1.165) is 6.07 Å². The van der Waals surface area contributed by atoms with E-state index in [9.17, 15) is 21.6 Å². The first-order valence-corrected chi connectivity index (χ1v) is 6.67. The summed E-state index contributed by atoms with van der Waals surface area (Å²) in [5.74, 6) is 0. The molecule has 1 heterocycles. The van der Waals surface area contributed by atoms with Crippen molar-refractivity contribution in [3.63, 3.8) is 0 Å². The summed E-state index contributed by atoms with van der Waals surface area (Å²) in [6.07, 6.45) is -3.36. The summed E-state index contributed by atoms with van der Waals surface area (Å²) < 4.78 is 61.1. The second-order valence-corrected chi connectivity index (χ2v) is 5.60. The lowest BCUT2D eigenvalue weighted by molar-refractivity contribution is -0.135. The normalized spacial score (nSPS) is 13.0. The monoisotopic (exact) mass is 302 g/mol. The van der Waals surface area contributed by atoms with Crippen molar-refractivity contribution in [2.45, 2.75) is 18.0 Å². The highest BCUT2D eigenvalue weighted by Crippen LogP contribution is 2.25. The van der Waals surface area contributed by atoms with E-state index in [1.165, 1.54) is 19.2 Å². The smallest absolute Gasteiger partial charge is 0.243 e. The highest BCUT2D eigenvalue weighted by Gasteiger charge is 2.37. The van der Waals surface area contributed by atoms with Crippen LogP contribution in [0.3, 0.4) is 0 Å². The van der Waals surface area contributed by atoms with Gasteiger partial charge >= 0.3 is 6.18 Å². The summed E-state index contributed by atoms with van der Waals surface area (Å²) in [6, 6.07) is 2.41. The summed E-state index contributed by atoms with van der Waals surface area (Å²) in [5.41, 5.74) is 0. The van der Waals surface area contributed by atoms with Crippen LogP contribution >= 0.6 is 11.6 Å². The first-order chi connectivity index (χ1) is 8.18. The number of sulfonamides is 1. The van der Waals surface area contributed by atoms with E-state index in [2.05, 4.69) is 4.98 Å². The molecule has 0 fully saturated rings. The Kier molecular flexibility index (Phi) is 4.57. The summed E-state index contributed by atoms with van der Waals surface area (Å²) in [5, 5.41) is -0.349. The molecule has 0 saturated carbocycles. The second-order valence-electron chi connectivity index (χ2n) is 3.34. The van der Waals surface area contributed by atoms with Gasteiger partial charge in [0, 0.05) is 12.7 Å². The summed E-state index contributed by atoms with van der Waals surface area (Å²) in [4.78, 5) is 3.10. The van der Waals surface area contributed by atoms with Crippen LogP contribution in [0.5, 0.6) is 0 Å². The van der Waals surface area contributed by atoms with Gasteiger partial charge < -0.3 is 0 Å². The highest BCUT2D eigenvalue weighted by molar-refractivity contribution is 7.89. The van der Waals surface area contributed by atoms with Gasteiger partial charge in [-0.2, -0.15) is 17.5 Å². The predicted molar refractivity (Wildman–Crippen MR) is 59.7 cm³/mol.